The Morgan fingerprint density at radius 1 is 1.15 bits per heavy atom. The normalized spacial score (nSPS) is 11.4. The molecular formula is C24H34N6O2S. The second kappa shape index (κ2) is 11.9. The molecular weight excluding hydrogens is 436 g/mol. The van der Waals surface area contributed by atoms with E-state index in [1.807, 2.05) is 30.7 Å². The Morgan fingerprint density at radius 3 is 2.58 bits per heavy atom. The van der Waals surface area contributed by atoms with Gasteiger partial charge in [0, 0.05) is 24.4 Å². The van der Waals surface area contributed by atoms with Gasteiger partial charge >= 0.3 is 0 Å². The molecule has 33 heavy (non-hydrogen) atoms. The van der Waals surface area contributed by atoms with Crippen LogP contribution in [0.25, 0.3) is 11.0 Å². The number of nitrogens with zero attached hydrogens (tertiary/aromatic N) is 4. The maximum atomic E-state index is 12.5. The number of carbonyl (C=O) groups excluding carboxylic acids is 1. The second-order valence-corrected chi connectivity index (χ2v) is 9.59. The van der Waals surface area contributed by atoms with Crippen molar-refractivity contribution >= 4 is 34.5 Å². The predicted molar refractivity (Wildman–Crippen MR) is 134 cm³/mol. The number of hydrogen-bond acceptors (Lipinski definition) is 7. The first-order valence-electron chi connectivity index (χ1n) is 11.5. The molecule has 178 valence electrons. The quantitative estimate of drug-likeness (QED) is 0.295. The van der Waals surface area contributed by atoms with Crippen molar-refractivity contribution in [3.05, 3.63) is 36.0 Å². The third-order valence-corrected chi connectivity index (χ3v) is 5.74. The highest BCUT2D eigenvalue weighted by molar-refractivity contribution is 7.99. The van der Waals surface area contributed by atoms with E-state index in [1.165, 1.54) is 0 Å². The number of aromatic nitrogens is 4. The molecule has 3 rings (SSSR count). The van der Waals surface area contributed by atoms with Crippen molar-refractivity contribution in [3.63, 3.8) is 0 Å². The van der Waals surface area contributed by atoms with E-state index in [0.29, 0.717) is 24.6 Å². The molecule has 0 atom stereocenters. The van der Waals surface area contributed by atoms with E-state index in [-0.39, 0.29) is 12.0 Å². The molecule has 0 saturated heterocycles. The summed E-state index contributed by atoms with van der Waals surface area (Å²) in [6, 6.07) is 7.17. The summed E-state index contributed by atoms with van der Waals surface area (Å²) < 4.78 is 7.46. The monoisotopic (exact) mass is 470 g/mol. The van der Waals surface area contributed by atoms with Crippen molar-refractivity contribution in [2.45, 2.75) is 58.8 Å². The number of hydrogen-bond donors (Lipinski definition) is 2. The Morgan fingerprint density at radius 2 is 1.91 bits per heavy atom. The predicted octanol–water partition coefficient (Wildman–Crippen LogP) is 4.61. The standard InChI is InChI=1S/C24H34N6O2S/c1-6-13-33-24-28-21(26-14-16(2)3)20-15-27-30(22(20)29-24)12-11-25-23(31)18-7-9-19(10-8-18)32-17(4)5/h7-10,15-17H,6,11-14H2,1-5H3,(H,25,31)(H,26,28,29). The molecule has 9 heteroatoms. The van der Waals surface area contributed by atoms with Gasteiger partial charge in [-0.25, -0.2) is 14.6 Å². The third kappa shape index (κ3) is 7.08. The van der Waals surface area contributed by atoms with Crippen LogP contribution in [0.2, 0.25) is 0 Å². The maximum absolute atomic E-state index is 12.5. The van der Waals surface area contributed by atoms with Gasteiger partial charge in [-0.05, 0) is 50.5 Å². The van der Waals surface area contributed by atoms with E-state index in [0.717, 1.165) is 46.5 Å². The first kappa shape index (κ1) is 24.8. The fourth-order valence-corrected chi connectivity index (χ4v) is 3.82. The number of ether oxygens (including phenoxy) is 1. The number of benzene rings is 1. The van der Waals surface area contributed by atoms with Crippen LogP contribution in [0.15, 0.2) is 35.6 Å². The first-order valence-corrected chi connectivity index (χ1v) is 12.5. The lowest BCUT2D eigenvalue weighted by Crippen LogP contribution is -2.27. The summed E-state index contributed by atoms with van der Waals surface area (Å²) in [6.07, 6.45) is 2.94. The van der Waals surface area contributed by atoms with Gasteiger partial charge in [0.25, 0.3) is 5.91 Å². The zero-order valence-corrected chi connectivity index (χ0v) is 20.9. The van der Waals surface area contributed by atoms with E-state index >= 15 is 0 Å². The topological polar surface area (TPSA) is 94.0 Å². The highest BCUT2D eigenvalue weighted by atomic mass is 32.2. The molecule has 0 aliphatic carbocycles. The fourth-order valence-electron chi connectivity index (χ4n) is 3.13. The Balaban J connectivity index is 1.68. The van der Waals surface area contributed by atoms with Gasteiger partial charge < -0.3 is 15.4 Å². The number of carbonyl (C=O) groups is 1. The Hall–Kier alpha value is -2.81. The summed E-state index contributed by atoms with van der Waals surface area (Å²) in [7, 11) is 0. The molecule has 0 saturated carbocycles. The molecule has 0 spiro atoms. The number of anilines is 1. The molecule has 0 bridgehead atoms. The van der Waals surface area contributed by atoms with Gasteiger partial charge in [-0.15, -0.1) is 0 Å². The molecule has 0 fully saturated rings. The Bertz CT molecular complexity index is 1050. The van der Waals surface area contributed by atoms with Gasteiger partial charge in [0.1, 0.15) is 11.6 Å². The van der Waals surface area contributed by atoms with Crippen molar-refractivity contribution in [2.75, 3.05) is 24.2 Å². The van der Waals surface area contributed by atoms with E-state index in [9.17, 15) is 4.79 Å². The lowest BCUT2D eigenvalue weighted by Gasteiger charge is -2.11. The fraction of sp³-hybridized carbons (Fsp3) is 0.500. The number of thioether (sulfide) groups is 1. The maximum Gasteiger partial charge on any atom is 0.251 e. The summed E-state index contributed by atoms with van der Waals surface area (Å²) in [6.45, 7) is 12.2. The molecule has 0 unspecified atom stereocenters. The van der Waals surface area contributed by atoms with Crippen LogP contribution in [0.4, 0.5) is 5.82 Å². The summed E-state index contributed by atoms with van der Waals surface area (Å²) in [5.41, 5.74) is 1.37. The van der Waals surface area contributed by atoms with Gasteiger partial charge in [0.05, 0.1) is 24.2 Å². The number of nitrogens with one attached hydrogen (secondary N) is 2. The number of amides is 1. The molecule has 0 aliphatic rings. The van der Waals surface area contributed by atoms with Crippen LogP contribution in [-0.2, 0) is 6.54 Å². The lowest BCUT2D eigenvalue weighted by molar-refractivity contribution is 0.0952. The lowest BCUT2D eigenvalue weighted by atomic mass is 10.2. The molecule has 0 aliphatic heterocycles. The van der Waals surface area contributed by atoms with Crippen LogP contribution in [0.3, 0.4) is 0 Å². The van der Waals surface area contributed by atoms with Gasteiger partial charge in [-0.3, -0.25) is 4.79 Å². The average Bonchev–Trinajstić information content (AvgIpc) is 3.19. The summed E-state index contributed by atoms with van der Waals surface area (Å²) in [4.78, 5) is 22.0. The molecule has 3 aromatic rings. The summed E-state index contributed by atoms with van der Waals surface area (Å²) >= 11 is 1.64. The van der Waals surface area contributed by atoms with E-state index < -0.39 is 0 Å². The molecule has 2 aromatic heterocycles. The molecule has 8 nitrogen and oxygen atoms in total. The van der Waals surface area contributed by atoms with E-state index in [2.05, 4.69) is 36.5 Å². The van der Waals surface area contributed by atoms with Gasteiger partial charge in [-0.2, -0.15) is 5.10 Å². The number of fused-ring (bicyclic) bond motifs is 1. The van der Waals surface area contributed by atoms with Crippen LogP contribution < -0.4 is 15.4 Å². The molecule has 1 amide bonds. The van der Waals surface area contributed by atoms with Crippen molar-refractivity contribution in [2.24, 2.45) is 5.92 Å². The van der Waals surface area contributed by atoms with Crippen molar-refractivity contribution in [3.8, 4) is 5.75 Å². The highest BCUT2D eigenvalue weighted by Gasteiger charge is 2.14. The van der Waals surface area contributed by atoms with Crippen molar-refractivity contribution in [1.29, 1.82) is 0 Å². The average molecular weight is 471 g/mol. The van der Waals surface area contributed by atoms with Crippen LogP contribution in [0.1, 0.15) is 51.4 Å². The van der Waals surface area contributed by atoms with Crippen LogP contribution in [-0.4, -0.2) is 50.6 Å². The van der Waals surface area contributed by atoms with Gasteiger partial charge in [0.2, 0.25) is 0 Å². The Kier molecular flexibility index (Phi) is 8.94. The molecule has 0 radical (unpaired) electrons. The first-order chi connectivity index (χ1) is 15.9. The second-order valence-electron chi connectivity index (χ2n) is 8.53. The minimum atomic E-state index is -0.129. The van der Waals surface area contributed by atoms with E-state index in [1.54, 1.807) is 30.1 Å². The molecule has 2 heterocycles. The van der Waals surface area contributed by atoms with Crippen LogP contribution >= 0.6 is 11.8 Å². The highest BCUT2D eigenvalue weighted by Crippen LogP contribution is 2.25. The smallest absolute Gasteiger partial charge is 0.251 e. The van der Waals surface area contributed by atoms with Crippen LogP contribution in [0.5, 0.6) is 5.75 Å². The van der Waals surface area contributed by atoms with Crippen molar-refractivity contribution < 1.29 is 9.53 Å². The molecule has 1 aromatic carbocycles. The largest absolute Gasteiger partial charge is 0.491 e. The zero-order valence-electron chi connectivity index (χ0n) is 20.1. The summed E-state index contributed by atoms with van der Waals surface area (Å²) in [5, 5.41) is 12.5. The number of rotatable bonds is 12. The minimum absolute atomic E-state index is 0.0966. The summed E-state index contributed by atoms with van der Waals surface area (Å²) in [5.74, 6) is 2.89. The van der Waals surface area contributed by atoms with Crippen LogP contribution in [0, 0.1) is 5.92 Å². The van der Waals surface area contributed by atoms with Crippen molar-refractivity contribution in [1.82, 2.24) is 25.1 Å². The SMILES string of the molecule is CCCSc1nc(NCC(C)C)c2cnn(CCNC(=O)c3ccc(OC(C)C)cc3)c2n1. The molecule has 2 N–H and O–H groups in total. The van der Waals surface area contributed by atoms with Gasteiger partial charge in [-0.1, -0.05) is 32.5 Å². The zero-order chi connectivity index (χ0) is 23.8. The third-order valence-electron chi connectivity index (χ3n) is 4.69. The minimum Gasteiger partial charge on any atom is -0.491 e. The van der Waals surface area contributed by atoms with Gasteiger partial charge in [0.15, 0.2) is 10.8 Å². The Labute approximate surface area is 199 Å². The van der Waals surface area contributed by atoms with E-state index in [4.69, 9.17) is 14.7 Å².